The van der Waals surface area contributed by atoms with Crippen LogP contribution in [-0.4, -0.2) is 40.6 Å². The molecule has 0 radical (unpaired) electrons. The molecule has 0 amide bonds. The van der Waals surface area contributed by atoms with E-state index in [-0.39, 0.29) is 0 Å². The number of hydrogen-bond acceptors (Lipinski definition) is 6. The van der Waals surface area contributed by atoms with Gasteiger partial charge in [0.2, 0.25) is 5.95 Å². The largest absolute Gasteiger partial charge is 0.372 e. The molecule has 3 fully saturated rings. The molecule has 3 atom stereocenters. The average Bonchev–Trinajstić information content (AvgIpc) is 3.06. The van der Waals surface area contributed by atoms with Crippen LogP contribution in [0.3, 0.4) is 0 Å². The third-order valence-electron chi connectivity index (χ3n) is 4.66. The number of pyridine rings is 1. The lowest BCUT2D eigenvalue weighted by Gasteiger charge is -2.35. The van der Waals surface area contributed by atoms with Crippen molar-refractivity contribution in [1.29, 1.82) is 0 Å². The van der Waals surface area contributed by atoms with Gasteiger partial charge in [-0.05, 0) is 37.8 Å². The van der Waals surface area contributed by atoms with Crippen LogP contribution in [0.25, 0.3) is 11.0 Å². The molecule has 6 nitrogen and oxygen atoms in total. The number of nitrogens with zero attached hydrogens (tertiary/aromatic N) is 3. The van der Waals surface area contributed by atoms with Crippen LogP contribution in [0.15, 0.2) is 6.07 Å². The maximum Gasteiger partial charge on any atom is 0.227 e. The standard InChI is InChI=1S/C15H20N6/c1-7-4-8(2)18-14-11(7)13(16-3)20-15(21-14)19-12-9-5-10(12)17-6-9/h4,9-10,12,17H,5-6H2,1-3H3,(H2,16,18,19,20,21). The second kappa shape index (κ2) is 4.53. The Morgan fingerprint density at radius 1 is 1.24 bits per heavy atom. The van der Waals surface area contributed by atoms with Crippen LogP contribution in [0.4, 0.5) is 11.8 Å². The third kappa shape index (κ3) is 1.93. The molecule has 0 spiro atoms. The minimum absolute atomic E-state index is 0.457. The van der Waals surface area contributed by atoms with Gasteiger partial charge >= 0.3 is 0 Å². The Morgan fingerprint density at radius 2 is 2.10 bits per heavy atom. The number of rotatable bonds is 3. The Labute approximate surface area is 123 Å². The van der Waals surface area contributed by atoms with Crippen LogP contribution < -0.4 is 16.0 Å². The summed E-state index contributed by atoms with van der Waals surface area (Å²) in [5.74, 6) is 2.22. The van der Waals surface area contributed by atoms with Gasteiger partial charge in [-0.2, -0.15) is 9.97 Å². The second-order valence-corrected chi connectivity index (χ2v) is 6.11. The van der Waals surface area contributed by atoms with E-state index < -0.39 is 0 Å². The number of aromatic nitrogens is 3. The van der Waals surface area contributed by atoms with E-state index in [9.17, 15) is 0 Å². The normalized spacial score (nSPS) is 26.7. The molecule has 3 unspecified atom stereocenters. The minimum Gasteiger partial charge on any atom is -0.372 e. The van der Waals surface area contributed by atoms with Crippen LogP contribution in [0.1, 0.15) is 17.7 Å². The zero-order chi connectivity index (χ0) is 14.6. The molecule has 2 aromatic heterocycles. The topological polar surface area (TPSA) is 74.8 Å². The molecule has 21 heavy (non-hydrogen) atoms. The summed E-state index contributed by atoms with van der Waals surface area (Å²) in [5, 5.41) is 11.2. The molecular formula is C15H20N6. The highest BCUT2D eigenvalue weighted by molar-refractivity contribution is 5.90. The van der Waals surface area contributed by atoms with Crippen molar-refractivity contribution in [2.75, 3.05) is 24.2 Å². The minimum atomic E-state index is 0.457. The van der Waals surface area contributed by atoms with Crippen molar-refractivity contribution >= 4 is 22.8 Å². The SMILES string of the molecule is CNc1nc(NC2C3CNC2C3)nc2nc(C)cc(C)c12. The van der Waals surface area contributed by atoms with Crippen LogP contribution in [0.5, 0.6) is 0 Å². The number of hydrogen-bond donors (Lipinski definition) is 3. The number of nitrogens with one attached hydrogen (secondary N) is 3. The van der Waals surface area contributed by atoms with Crippen molar-refractivity contribution < 1.29 is 0 Å². The van der Waals surface area contributed by atoms with Crippen LogP contribution in [-0.2, 0) is 0 Å². The number of aryl methyl sites for hydroxylation is 2. The van der Waals surface area contributed by atoms with Crippen molar-refractivity contribution in [3.8, 4) is 0 Å². The fourth-order valence-electron chi connectivity index (χ4n) is 3.57. The molecular weight excluding hydrogens is 264 g/mol. The summed E-state index contributed by atoms with van der Waals surface area (Å²) in [4.78, 5) is 13.8. The van der Waals surface area contributed by atoms with Gasteiger partial charge in [0.25, 0.3) is 0 Å². The highest BCUT2D eigenvalue weighted by atomic mass is 15.2. The second-order valence-electron chi connectivity index (χ2n) is 6.11. The van der Waals surface area contributed by atoms with Crippen molar-refractivity contribution in [2.24, 2.45) is 5.92 Å². The van der Waals surface area contributed by atoms with Crippen LogP contribution in [0.2, 0.25) is 0 Å². The van der Waals surface area contributed by atoms with Gasteiger partial charge in [-0.25, -0.2) is 4.98 Å². The lowest BCUT2D eigenvalue weighted by Crippen LogP contribution is -2.47. The summed E-state index contributed by atoms with van der Waals surface area (Å²) < 4.78 is 0. The molecule has 3 aliphatic rings. The van der Waals surface area contributed by atoms with E-state index in [4.69, 9.17) is 0 Å². The van der Waals surface area contributed by atoms with Crippen molar-refractivity contribution in [3.63, 3.8) is 0 Å². The summed E-state index contributed by atoms with van der Waals surface area (Å²) in [7, 11) is 1.89. The maximum atomic E-state index is 4.63. The predicted molar refractivity (Wildman–Crippen MR) is 83.7 cm³/mol. The van der Waals surface area contributed by atoms with Gasteiger partial charge in [-0.1, -0.05) is 0 Å². The molecule has 5 rings (SSSR count). The van der Waals surface area contributed by atoms with Gasteiger partial charge in [0.15, 0.2) is 5.65 Å². The fourth-order valence-corrected chi connectivity index (χ4v) is 3.57. The van der Waals surface area contributed by atoms with Gasteiger partial charge in [0.05, 0.1) is 5.39 Å². The Kier molecular flexibility index (Phi) is 2.75. The van der Waals surface area contributed by atoms with Gasteiger partial charge in [0.1, 0.15) is 5.82 Å². The molecule has 110 valence electrons. The van der Waals surface area contributed by atoms with Crippen molar-refractivity contribution in [1.82, 2.24) is 20.3 Å². The first-order chi connectivity index (χ1) is 10.2. The molecule has 2 aliphatic heterocycles. The molecule has 2 saturated heterocycles. The molecule has 1 saturated carbocycles. The van der Waals surface area contributed by atoms with Crippen molar-refractivity contribution in [3.05, 3.63) is 17.3 Å². The van der Waals surface area contributed by atoms with E-state index in [0.717, 1.165) is 34.7 Å². The van der Waals surface area contributed by atoms with Crippen molar-refractivity contribution in [2.45, 2.75) is 32.4 Å². The number of anilines is 2. The van der Waals surface area contributed by atoms with Gasteiger partial charge in [-0.3, -0.25) is 0 Å². The quantitative estimate of drug-likeness (QED) is 0.792. The first-order valence-electron chi connectivity index (χ1n) is 7.49. The Hall–Kier alpha value is -1.95. The molecule has 2 aromatic rings. The maximum absolute atomic E-state index is 4.63. The molecule has 4 heterocycles. The first-order valence-corrected chi connectivity index (χ1v) is 7.49. The average molecular weight is 284 g/mol. The summed E-state index contributed by atoms with van der Waals surface area (Å²) in [6.45, 7) is 5.17. The van der Waals surface area contributed by atoms with E-state index in [1.54, 1.807) is 0 Å². The summed E-state index contributed by atoms with van der Waals surface area (Å²) in [6, 6.07) is 3.09. The molecule has 3 N–H and O–H groups in total. The monoisotopic (exact) mass is 284 g/mol. The highest BCUT2D eigenvalue weighted by Crippen LogP contribution is 2.36. The smallest absolute Gasteiger partial charge is 0.227 e. The summed E-state index contributed by atoms with van der Waals surface area (Å²) >= 11 is 0. The Bertz CT molecular complexity index is 699. The Balaban J connectivity index is 1.76. The molecule has 1 aliphatic carbocycles. The van der Waals surface area contributed by atoms with E-state index in [1.807, 2.05) is 14.0 Å². The van der Waals surface area contributed by atoms with Crippen LogP contribution in [0, 0.1) is 19.8 Å². The molecule has 2 bridgehead atoms. The lowest BCUT2D eigenvalue weighted by atomic mass is 9.80. The number of fused-ring (bicyclic) bond motifs is 2. The van der Waals surface area contributed by atoms with Gasteiger partial charge < -0.3 is 16.0 Å². The summed E-state index contributed by atoms with van der Waals surface area (Å²) in [5.41, 5.74) is 2.89. The third-order valence-corrected chi connectivity index (χ3v) is 4.66. The van der Waals surface area contributed by atoms with E-state index in [1.165, 1.54) is 6.42 Å². The highest BCUT2D eigenvalue weighted by Gasteiger charge is 2.47. The lowest BCUT2D eigenvalue weighted by molar-refractivity contribution is 0.325. The zero-order valence-electron chi connectivity index (χ0n) is 12.6. The fraction of sp³-hybridized carbons (Fsp3) is 0.533. The predicted octanol–water partition coefficient (Wildman–Crippen LogP) is 1.46. The zero-order valence-corrected chi connectivity index (χ0v) is 12.6. The van der Waals surface area contributed by atoms with E-state index in [0.29, 0.717) is 23.9 Å². The molecule has 0 aromatic carbocycles. The van der Waals surface area contributed by atoms with Gasteiger partial charge in [0, 0.05) is 31.4 Å². The Morgan fingerprint density at radius 3 is 2.76 bits per heavy atom. The van der Waals surface area contributed by atoms with E-state index in [2.05, 4.69) is 43.9 Å². The summed E-state index contributed by atoms with van der Waals surface area (Å²) in [6.07, 6.45) is 1.26. The van der Waals surface area contributed by atoms with Crippen LogP contribution >= 0.6 is 0 Å². The van der Waals surface area contributed by atoms with E-state index >= 15 is 0 Å². The van der Waals surface area contributed by atoms with Gasteiger partial charge in [-0.15, -0.1) is 0 Å². The molecule has 6 heteroatoms. The first kappa shape index (κ1) is 12.8.